The number of methoxy groups -OCH3 is 1. The van der Waals surface area contributed by atoms with Crippen LogP contribution >= 0.6 is 11.8 Å². The largest absolute Gasteiger partial charge is 0.383 e. The molecule has 0 aliphatic heterocycles. The molecule has 0 amide bonds. The molecule has 2 aromatic rings. The zero-order valence-corrected chi connectivity index (χ0v) is 13.2. The summed E-state index contributed by atoms with van der Waals surface area (Å²) in [6, 6.07) is 13.2. The summed E-state index contributed by atoms with van der Waals surface area (Å²) in [5.74, 6) is -0.201. The molecule has 0 fully saturated rings. The zero-order valence-electron chi connectivity index (χ0n) is 12.4. The molecule has 0 aliphatic carbocycles. The molecule has 0 saturated heterocycles. The number of halogens is 1. The van der Waals surface area contributed by atoms with Crippen LogP contribution in [0.25, 0.3) is 0 Å². The normalized spacial score (nSPS) is 10.8. The molecule has 0 saturated carbocycles. The molecule has 21 heavy (non-hydrogen) atoms. The van der Waals surface area contributed by atoms with Crippen LogP contribution in [0.15, 0.2) is 52.3 Å². The Morgan fingerprint density at radius 2 is 1.95 bits per heavy atom. The van der Waals surface area contributed by atoms with Gasteiger partial charge in [0, 0.05) is 30.0 Å². The van der Waals surface area contributed by atoms with Crippen molar-refractivity contribution in [2.45, 2.75) is 23.3 Å². The van der Waals surface area contributed by atoms with E-state index in [0.29, 0.717) is 13.2 Å². The average molecular weight is 305 g/mol. The summed E-state index contributed by atoms with van der Waals surface area (Å²) in [7, 11) is 1.67. The second kappa shape index (κ2) is 8.17. The Labute approximate surface area is 129 Å². The van der Waals surface area contributed by atoms with Gasteiger partial charge < -0.3 is 10.1 Å². The highest BCUT2D eigenvalue weighted by Gasteiger charge is 2.07. The van der Waals surface area contributed by atoms with Gasteiger partial charge in [0.15, 0.2) is 0 Å². The molecule has 0 heterocycles. The third-order valence-electron chi connectivity index (χ3n) is 3.13. The molecule has 0 atom stereocenters. The minimum absolute atomic E-state index is 0.201. The number of ether oxygens (including phenoxy) is 1. The van der Waals surface area contributed by atoms with Crippen LogP contribution in [-0.2, 0) is 11.3 Å². The van der Waals surface area contributed by atoms with E-state index in [2.05, 4.69) is 24.4 Å². The molecule has 2 aromatic carbocycles. The fourth-order valence-electron chi connectivity index (χ4n) is 1.97. The number of rotatable bonds is 7. The maximum absolute atomic E-state index is 13.5. The number of nitrogens with one attached hydrogen (secondary N) is 1. The Kier molecular flexibility index (Phi) is 6.23. The molecular formula is C17H20FNOS. The van der Waals surface area contributed by atoms with Gasteiger partial charge in [-0.05, 0) is 42.3 Å². The van der Waals surface area contributed by atoms with Crippen LogP contribution in [-0.4, -0.2) is 20.3 Å². The molecule has 0 radical (unpaired) electrons. The first kappa shape index (κ1) is 16.0. The standard InChI is InChI=1S/C17H20FNOS/c1-13-5-3-4-6-16(13)21-17-8-7-15(18)11-14(17)12-19-9-10-20-2/h3-8,11,19H,9-10,12H2,1-2H3. The number of aryl methyl sites for hydroxylation is 1. The lowest BCUT2D eigenvalue weighted by Gasteiger charge is -2.12. The first-order valence-corrected chi connectivity index (χ1v) is 7.74. The van der Waals surface area contributed by atoms with Crippen molar-refractivity contribution in [2.75, 3.05) is 20.3 Å². The van der Waals surface area contributed by atoms with Gasteiger partial charge in [-0.3, -0.25) is 0 Å². The first-order valence-electron chi connectivity index (χ1n) is 6.92. The lowest BCUT2D eigenvalue weighted by atomic mass is 10.2. The number of benzene rings is 2. The lowest BCUT2D eigenvalue weighted by molar-refractivity contribution is 0.199. The fraction of sp³-hybridized carbons (Fsp3) is 0.294. The summed E-state index contributed by atoms with van der Waals surface area (Å²) < 4.78 is 18.5. The van der Waals surface area contributed by atoms with E-state index in [1.165, 1.54) is 16.5 Å². The van der Waals surface area contributed by atoms with Gasteiger partial charge in [-0.25, -0.2) is 4.39 Å². The Balaban J connectivity index is 2.13. The monoisotopic (exact) mass is 305 g/mol. The van der Waals surface area contributed by atoms with E-state index >= 15 is 0 Å². The smallest absolute Gasteiger partial charge is 0.123 e. The van der Waals surface area contributed by atoms with E-state index in [9.17, 15) is 4.39 Å². The number of hydrogen-bond donors (Lipinski definition) is 1. The van der Waals surface area contributed by atoms with Crippen LogP contribution < -0.4 is 5.32 Å². The maximum atomic E-state index is 13.5. The van der Waals surface area contributed by atoms with Crippen molar-refractivity contribution >= 4 is 11.8 Å². The quantitative estimate of drug-likeness (QED) is 0.781. The van der Waals surface area contributed by atoms with Gasteiger partial charge in [0.05, 0.1) is 6.61 Å². The summed E-state index contributed by atoms with van der Waals surface area (Å²) in [6.45, 7) is 4.12. The molecule has 0 bridgehead atoms. The predicted molar refractivity (Wildman–Crippen MR) is 85.3 cm³/mol. The summed E-state index contributed by atoms with van der Waals surface area (Å²) in [5, 5.41) is 3.27. The van der Waals surface area contributed by atoms with E-state index in [1.807, 2.05) is 18.2 Å². The van der Waals surface area contributed by atoms with Crippen molar-refractivity contribution in [1.29, 1.82) is 0 Å². The molecule has 2 rings (SSSR count). The second-order valence-electron chi connectivity index (χ2n) is 4.79. The zero-order chi connectivity index (χ0) is 15.1. The van der Waals surface area contributed by atoms with Crippen molar-refractivity contribution in [2.24, 2.45) is 0 Å². The predicted octanol–water partition coefficient (Wildman–Crippen LogP) is 4.02. The van der Waals surface area contributed by atoms with Gasteiger partial charge in [-0.2, -0.15) is 0 Å². The second-order valence-corrected chi connectivity index (χ2v) is 5.87. The van der Waals surface area contributed by atoms with Crippen LogP contribution in [0.4, 0.5) is 4.39 Å². The summed E-state index contributed by atoms with van der Waals surface area (Å²) >= 11 is 1.68. The van der Waals surface area contributed by atoms with Gasteiger partial charge >= 0.3 is 0 Å². The van der Waals surface area contributed by atoms with Gasteiger partial charge in [0.1, 0.15) is 5.82 Å². The third kappa shape index (κ3) is 4.84. The summed E-state index contributed by atoms with van der Waals surface area (Å²) in [4.78, 5) is 2.28. The van der Waals surface area contributed by atoms with Crippen molar-refractivity contribution < 1.29 is 9.13 Å². The highest BCUT2D eigenvalue weighted by atomic mass is 32.2. The maximum Gasteiger partial charge on any atom is 0.123 e. The topological polar surface area (TPSA) is 21.3 Å². The number of hydrogen-bond acceptors (Lipinski definition) is 3. The highest BCUT2D eigenvalue weighted by molar-refractivity contribution is 7.99. The van der Waals surface area contributed by atoms with Gasteiger partial charge in [-0.15, -0.1) is 0 Å². The van der Waals surface area contributed by atoms with Crippen LogP contribution in [0.3, 0.4) is 0 Å². The molecule has 1 N–H and O–H groups in total. The van der Waals surface area contributed by atoms with Crippen LogP contribution in [0, 0.1) is 12.7 Å². The van der Waals surface area contributed by atoms with Gasteiger partial charge in [0.2, 0.25) is 0 Å². The summed E-state index contributed by atoms with van der Waals surface area (Å²) in [5.41, 5.74) is 2.20. The van der Waals surface area contributed by atoms with E-state index in [4.69, 9.17) is 4.74 Å². The molecule has 0 aromatic heterocycles. The molecule has 0 aliphatic rings. The first-order chi connectivity index (χ1) is 10.2. The Morgan fingerprint density at radius 1 is 1.14 bits per heavy atom. The Bertz CT molecular complexity index is 589. The van der Waals surface area contributed by atoms with E-state index in [0.717, 1.165) is 17.0 Å². The fourth-order valence-corrected chi connectivity index (χ4v) is 2.98. The molecular weight excluding hydrogens is 285 g/mol. The Morgan fingerprint density at radius 3 is 2.71 bits per heavy atom. The van der Waals surface area contributed by atoms with E-state index in [-0.39, 0.29) is 5.82 Å². The molecule has 0 spiro atoms. The molecule has 112 valence electrons. The summed E-state index contributed by atoms with van der Waals surface area (Å²) in [6.07, 6.45) is 0. The molecule has 2 nitrogen and oxygen atoms in total. The van der Waals surface area contributed by atoms with Crippen LogP contribution in [0.5, 0.6) is 0 Å². The van der Waals surface area contributed by atoms with Crippen molar-refractivity contribution in [3.63, 3.8) is 0 Å². The van der Waals surface area contributed by atoms with Crippen LogP contribution in [0.1, 0.15) is 11.1 Å². The minimum Gasteiger partial charge on any atom is -0.383 e. The van der Waals surface area contributed by atoms with Crippen molar-refractivity contribution in [1.82, 2.24) is 5.32 Å². The SMILES string of the molecule is COCCNCc1cc(F)ccc1Sc1ccccc1C. The Hall–Kier alpha value is -1.36. The molecule has 4 heteroatoms. The van der Waals surface area contributed by atoms with Crippen LogP contribution in [0.2, 0.25) is 0 Å². The average Bonchev–Trinajstić information content (AvgIpc) is 2.48. The highest BCUT2D eigenvalue weighted by Crippen LogP contribution is 2.32. The third-order valence-corrected chi connectivity index (χ3v) is 4.43. The molecule has 0 unspecified atom stereocenters. The lowest BCUT2D eigenvalue weighted by Crippen LogP contribution is -2.19. The van der Waals surface area contributed by atoms with Gasteiger partial charge in [0.25, 0.3) is 0 Å². The van der Waals surface area contributed by atoms with E-state index < -0.39 is 0 Å². The van der Waals surface area contributed by atoms with Crippen molar-refractivity contribution in [3.05, 3.63) is 59.4 Å². The van der Waals surface area contributed by atoms with Gasteiger partial charge in [-0.1, -0.05) is 30.0 Å². The van der Waals surface area contributed by atoms with E-state index in [1.54, 1.807) is 24.9 Å². The minimum atomic E-state index is -0.201. The van der Waals surface area contributed by atoms with Crippen molar-refractivity contribution in [3.8, 4) is 0 Å².